The third-order valence-corrected chi connectivity index (χ3v) is 4.55. The van der Waals surface area contributed by atoms with Gasteiger partial charge >= 0.3 is 0 Å². The molecule has 1 aliphatic heterocycles. The van der Waals surface area contributed by atoms with Gasteiger partial charge in [-0.05, 0) is 18.4 Å². The Labute approximate surface area is 146 Å². The molecule has 1 aliphatic rings. The molecule has 0 unspecified atom stereocenters. The number of pyridine rings is 1. The van der Waals surface area contributed by atoms with Crippen LogP contribution in [0.25, 0.3) is 11.0 Å². The van der Waals surface area contributed by atoms with E-state index in [1.165, 1.54) is 0 Å². The van der Waals surface area contributed by atoms with Crippen LogP contribution in [0.3, 0.4) is 0 Å². The van der Waals surface area contributed by atoms with E-state index in [1.54, 1.807) is 12.4 Å². The molecule has 0 bridgehead atoms. The molecule has 0 fully saturated rings. The number of carbonyl (C=O) groups excluding carboxylic acids is 1. The Kier molecular flexibility index (Phi) is 3.99. The van der Waals surface area contributed by atoms with Crippen LogP contribution >= 0.6 is 0 Å². The van der Waals surface area contributed by atoms with Crippen molar-refractivity contribution in [3.8, 4) is 0 Å². The quantitative estimate of drug-likeness (QED) is 0.789. The molecule has 0 aliphatic carbocycles. The second-order valence-electron chi connectivity index (χ2n) is 7.06. The number of nitrogens with zero attached hydrogens (tertiary/aromatic N) is 5. The minimum absolute atomic E-state index is 0.0837. The maximum absolute atomic E-state index is 12.6. The van der Waals surface area contributed by atoms with E-state index in [-0.39, 0.29) is 11.9 Å². The monoisotopic (exact) mass is 338 g/mol. The summed E-state index contributed by atoms with van der Waals surface area (Å²) in [5, 5.41) is 8.39. The zero-order valence-corrected chi connectivity index (χ0v) is 14.5. The Bertz CT molecular complexity index is 909. The maximum atomic E-state index is 12.6. The fourth-order valence-electron chi connectivity index (χ4n) is 3.33. The summed E-state index contributed by atoms with van der Waals surface area (Å²) in [7, 11) is 0. The van der Waals surface area contributed by atoms with Gasteiger partial charge in [0.2, 0.25) is 0 Å². The Morgan fingerprint density at radius 3 is 3.08 bits per heavy atom. The number of hydrogen-bond acceptors (Lipinski definition) is 4. The van der Waals surface area contributed by atoms with Crippen LogP contribution in [-0.2, 0) is 19.5 Å². The molecule has 25 heavy (non-hydrogen) atoms. The molecule has 4 rings (SSSR count). The first-order valence-corrected chi connectivity index (χ1v) is 8.72. The molecule has 0 aromatic carbocycles. The summed E-state index contributed by atoms with van der Waals surface area (Å²) in [5.41, 5.74) is 1.40. The Morgan fingerprint density at radius 1 is 1.36 bits per heavy atom. The van der Waals surface area contributed by atoms with Gasteiger partial charge in [0.15, 0.2) is 5.65 Å². The van der Waals surface area contributed by atoms with Gasteiger partial charge < -0.3 is 9.88 Å². The smallest absolute Gasteiger partial charge is 0.253 e. The second-order valence-corrected chi connectivity index (χ2v) is 7.06. The van der Waals surface area contributed by atoms with Gasteiger partial charge in [0.05, 0.1) is 11.8 Å². The highest BCUT2D eigenvalue weighted by Gasteiger charge is 2.21. The van der Waals surface area contributed by atoms with Crippen LogP contribution in [0, 0.1) is 5.92 Å². The SMILES string of the molecule is CC(C)Cn1ncc2cc(C(=O)N[C@H]3CCc4nccn4C3)cnc21. The summed E-state index contributed by atoms with van der Waals surface area (Å²) in [5.74, 6) is 1.50. The molecule has 4 heterocycles. The molecular formula is C18H22N6O. The van der Waals surface area contributed by atoms with E-state index < -0.39 is 0 Å². The number of carbonyl (C=O) groups is 1. The zero-order chi connectivity index (χ0) is 17.4. The van der Waals surface area contributed by atoms with Crippen LogP contribution in [0.4, 0.5) is 0 Å². The fraction of sp³-hybridized carbons (Fsp3) is 0.444. The summed E-state index contributed by atoms with van der Waals surface area (Å²) in [4.78, 5) is 21.4. The number of aryl methyl sites for hydroxylation is 1. The molecule has 0 spiro atoms. The molecule has 7 nitrogen and oxygen atoms in total. The van der Waals surface area contributed by atoms with E-state index >= 15 is 0 Å². The highest BCUT2D eigenvalue weighted by Crippen LogP contribution is 2.16. The van der Waals surface area contributed by atoms with E-state index in [2.05, 4.69) is 38.8 Å². The second kappa shape index (κ2) is 6.31. The standard InChI is InChI=1S/C18H22N6O/c1-12(2)10-24-17-13(9-21-24)7-14(8-20-17)18(25)22-15-3-4-16-19-5-6-23(16)11-15/h5-9,12,15H,3-4,10-11H2,1-2H3,(H,22,25)/t15-/m0/s1. The van der Waals surface area contributed by atoms with Crippen molar-refractivity contribution in [2.75, 3.05) is 0 Å². The van der Waals surface area contributed by atoms with Crippen LogP contribution in [0.15, 0.2) is 30.9 Å². The average molecular weight is 338 g/mol. The van der Waals surface area contributed by atoms with Gasteiger partial charge in [0, 0.05) is 49.5 Å². The van der Waals surface area contributed by atoms with E-state index in [0.29, 0.717) is 11.5 Å². The topological polar surface area (TPSA) is 77.6 Å². The molecule has 3 aromatic rings. The largest absolute Gasteiger partial charge is 0.347 e. The summed E-state index contributed by atoms with van der Waals surface area (Å²) in [6.07, 6.45) is 8.99. The predicted octanol–water partition coefficient (Wildman–Crippen LogP) is 2.03. The van der Waals surface area contributed by atoms with Crippen LogP contribution in [0.1, 0.15) is 36.5 Å². The van der Waals surface area contributed by atoms with Crippen molar-refractivity contribution in [2.24, 2.45) is 5.92 Å². The molecule has 130 valence electrons. The summed E-state index contributed by atoms with van der Waals surface area (Å²) < 4.78 is 4.00. The van der Waals surface area contributed by atoms with E-state index in [0.717, 1.165) is 42.8 Å². The number of fused-ring (bicyclic) bond motifs is 2. The molecular weight excluding hydrogens is 316 g/mol. The summed E-state index contributed by atoms with van der Waals surface area (Å²) >= 11 is 0. The van der Waals surface area contributed by atoms with Gasteiger partial charge in [-0.2, -0.15) is 5.10 Å². The minimum atomic E-state index is -0.0837. The first-order chi connectivity index (χ1) is 12.1. The number of amides is 1. The predicted molar refractivity (Wildman–Crippen MR) is 94.2 cm³/mol. The number of nitrogens with one attached hydrogen (secondary N) is 1. The minimum Gasteiger partial charge on any atom is -0.347 e. The van der Waals surface area contributed by atoms with Crippen molar-refractivity contribution in [3.05, 3.63) is 42.2 Å². The normalized spacial score (nSPS) is 17.0. The lowest BCUT2D eigenvalue weighted by molar-refractivity contribution is 0.0927. The lowest BCUT2D eigenvalue weighted by Crippen LogP contribution is -2.40. The number of hydrogen-bond donors (Lipinski definition) is 1. The summed E-state index contributed by atoms with van der Waals surface area (Å²) in [6, 6.07) is 1.99. The maximum Gasteiger partial charge on any atom is 0.253 e. The van der Waals surface area contributed by atoms with Crippen LogP contribution in [0.2, 0.25) is 0 Å². The van der Waals surface area contributed by atoms with E-state index in [4.69, 9.17) is 0 Å². The van der Waals surface area contributed by atoms with Crippen LogP contribution in [0.5, 0.6) is 0 Å². The van der Waals surface area contributed by atoms with E-state index in [1.807, 2.05) is 23.1 Å². The Hall–Kier alpha value is -2.70. The van der Waals surface area contributed by atoms with Gasteiger partial charge in [-0.1, -0.05) is 13.8 Å². The van der Waals surface area contributed by atoms with Gasteiger partial charge in [-0.15, -0.1) is 0 Å². The lowest BCUT2D eigenvalue weighted by atomic mass is 10.1. The third-order valence-electron chi connectivity index (χ3n) is 4.55. The highest BCUT2D eigenvalue weighted by molar-refractivity contribution is 5.96. The highest BCUT2D eigenvalue weighted by atomic mass is 16.1. The van der Waals surface area contributed by atoms with Gasteiger partial charge in [-0.3, -0.25) is 4.79 Å². The summed E-state index contributed by atoms with van der Waals surface area (Å²) in [6.45, 7) is 5.87. The van der Waals surface area contributed by atoms with Gasteiger partial charge in [-0.25, -0.2) is 14.6 Å². The number of aromatic nitrogens is 5. The Balaban J connectivity index is 1.49. The molecule has 1 amide bonds. The molecule has 1 N–H and O–H groups in total. The van der Waals surface area contributed by atoms with Gasteiger partial charge in [0.1, 0.15) is 5.82 Å². The van der Waals surface area contributed by atoms with Gasteiger partial charge in [0.25, 0.3) is 5.91 Å². The van der Waals surface area contributed by atoms with Crippen molar-refractivity contribution in [3.63, 3.8) is 0 Å². The molecule has 0 saturated carbocycles. The van der Waals surface area contributed by atoms with Crippen LogP contribution < -0.4 is 5.32 Å². The van der Waals surface area contributed by atoms with Crippen molar-refractivity contribution in [1.29, 1.82) is 0 Å². The van der Waals surface area contributed by atoms with Crippen LogP contribution in [-0.4, -0.2) is 36.3 Å². The number of imidazole rings is 1. The molecule has 0 radical (unpaired) electrons. The van der Waals surface area contributed by atoms with Crippen molar-refractivity contribution < 1.29 is 4.79 Å². The molecule has 1 atom stereocenters. The Morgan fingerprint density at radius 2 is 2.24 bits per heavy atom. The van der Waals surface area contributed by atoms with Crippen molar-refractivity contribution >= 4 is 16.9 Å². The number of rotatable bonds is 4. The molecule has 3 aromatic heterocycles. The van der Waals surface area contributed by atoms with Crippen molar-refractivity contribution in [1.82, 2.24) is 29.6 Å². The first-order valence-electron chi connectivity index (χ1n) is 8.72. The van der Waals surface area contributed by atoms with Crippen molar-refractivity contribution in [2.45, 2.75) is 45.8 Å². The lowest BCUT2D eigenvalue weighted by Gasteiger charge is -2.24. The zero-order valence-electron chi connectivity index (χ0n) is 14.5. The van der Waals surface area contributed by atoms with E-state index in [9.17, 15) is 4.79 Å². The third kappa shape index (κ3) is 3.14. The first kappa shape index (κ1) is 15.8. The average Bonchev–Trinajstić information content (AvgIpc) is 3.20. The molecule has 7 heteroatoms. The molecule has 0 saturated heterocycles. The fourth-order valence-corrected chi connectivity index (χ4v) is 3.33.